The van der Waals surface area contributed by atoms with E-state index in [0.29, 0.717) is 6.04 Å². The molecule has 0 saturated carbocycles. The molecule has 1 nitrogen and oxygen atoms in total. The molecule has 2 heteroatoms. The molecule has 2 unspecified atom stereocenters. The van der Waals surface area contributed by atoms with Crippen molar-refractivity contribution in [3.63, 3.8) is 0 Å². The zero-order valence-electron chi connectivity index (χ0n) is 13.9. The van der Waals surface area contributed by atoms with E-state index in [1.807, 2.05) is 0 Å². The molecular weight excluding hydrogens is 381 g/mol. The van der Waals surface area contributed by atoms with Crippen molar-refractivity contribution in [1.29, 1.82) is 0 Å². The van der Waals surface area contributed by atoms with Gasteiger partial charge in [0.05, 0.1) is 11.9 Å². The molecule has 0 aliphatic carbocycles. The zero-order chi connectivity index (χ0) is 14.7. The number of unbranched alkanes of at least 4 members (excludes halogenated alkanes) is 5. The van der Waals surface area contributed by atoms with Crippen LogP contribution >= 0.6 is 0 Å². The minimum atomic E-state index is 0. The Labute approximate surface area is 152 Å². The normalized spacial score (nSPS) is 19.4. The average molecular weight is 409 g/mol. The maximum Gasteiger partial charge on any atom is 0.140 e. The Morgan fingerprint density at radius 3 is 2.36 bits per heavy atom. The molecule has 22 heavy (non-hydrogen) atoms. The Bertz CT molecular complexity index is 602. The van der Waals surface area contributed by atoms with Crippen LogP contribution in [0.5, 0.6) is 0 Å². The van der Waals surface area contributed by atoms with Gasteiger partial charge in [0.1, 0.15) is 11.7 Å². The minimum absolute atomic E-state index is 0. The molecule has 1 N–H and O–H groups in total. The second kappa shape index (κ2) is 8.30. The van der Waals surface area contributed by atoms with E-state index in [0.717, 1.165) is 0 Å². The van der Waals surface area contributed by atoms with Gasteiger partial charge < -0.3 is 24.0 Å². The molecule has 0 saturated heterocycles. The summed E-state index contributed by atoms with van der Waals surface area (Å²) in [5, 5.41) is 2.93. The van der Waals surface area contributed by atoms with Crippen molar-refractivity contribution < 1.29 is 28.9 Å². The lowest BCUT2D eigenvalue weighted by Gasteiger charge is -2.19. The Balaban J connectivity index is 0.00000176. The van der Waals surface area contributed by atoms with E-state index in [9.17, 15) is 0 Å². The van der Waals surface area contributed by atoms with Gasteiger partial charge in [-0.15, -0.1) is 0 Å². The van der Waals surface area contributed by atoms with Gasteiger partial charge in [0, 0.05) is 5.56 Å². The van der Waals surface area contributed by atoms with Gasteiger partial charge in [-0.1, -0.05) is 62.9 Å². The van der Waals surface area contributed by atoms with Crippen LogP contribution in [0.3, 0.4) is 0 Å². The smallest absolute Gasteiger partial charge is 0.140 e. The summed E-state index contributed by atoms with van der Waals surface area (Å²) >= 11 is 0. The third kappa shape index (κ3) is 3.48. The summed E-state index contributed by atoms with van der Waals surface area (Å²) in [7, 11) is 0. The van der Waals surface area contributed by atoms with Gasteiger partial charge in [0.25, 0.3) is 0 Å². The van der Waals surface area contributed by atoms with Crippen LogP contribution in [0, 0.1) is 0 Å². The molecule has 1 aliphatic heterocycles. The highest BCUT2D eigenvalue weighted by molar-refractivity contribution is 5.95. The number of halogens is 1. The largest absolute Gasteiger partial charge is 1.00 e. The van der Waals surface area contributed by atoms with Crippen molar-refractivity contribution in [2.75, 3.05) is 6.54 Å². The molecule has 2 aromatic rings. The number of rotatable bonds is 7. The molecule has 120 valence electrons. The summed E-state index contributed by atoms with van der Waals surface area (Å²) in [6.07, 6.45) is 8.31. The van der Waals surface area contributed by atoms with Crippen molar-refractivity contribution in [3.8, 4) is 0 Å². The predicted molar refractivity (Wildman–Crippen MR) is 91.2 cm³/mol. The minimum Gasteiger partial charge on any atom is -1.00 e. The Hall–Kier alpha value is -0.610. The first-order chi connectivity index (χ1) is 10.3. The number of hydrogen-bond acceptors (Lipinski definition) is 0. The highest BCUT2D eigenvalue weighted by Crippen LogP contribution is 2.33. The van der Waals surface area contributed by atoms with Crippen LogP contribution in [0.2, 0.25) is 0 Å². The van der Waals surface area contributed by atoms with E-state index in [2.05, 4.69) is 50.2 Å². The van der Waals surface area contributed by atoms with Crippen molar-refractivity contribution in [1.82, 2.24) is 0 Å². The van der Waals surface area contributed by atoms with Gasteiger partial charge in [-0.2, -0.15) is 0 Å². The van der Waals surface area contributed by atoms with Crippen molar-refractivity contribution >= 4 is 16.5 Å². The van der Waals surface area contributed by atoms with Gasteiger partial charge in [0.15, 0.2) is 0 Å². The molecule has 2 atom stereocenters. The molecule has 1 aliphatic rings. The molecule has 3 rings (SSSR count). The van der Waals surface area contributed by atoms with E-state index in [-0.39, 0.29) is 24.0 Å². The second-order valence-corrected chi connectivity index (χ2v) is 6.52. The molecule has 2 aromatic carbocycles. The van der Waals surface area contributed by atoms with Gasteiger partial charge >= 0.3 is 0 Å². The molecule has 0 amide bonds. The van der Waals surface area contributed by atoms with Crippen LogP contribution in [-0.2, 0) is 0 Å². The Kier molecular flexibility index (Phi) is 6.69. The van der Waals surface area contributed by atoms with Crippen LogP contribution in [0.25, 0.3) is 10.8 Å². The van der Waals surface area contributed by atoms with Gasteiger partial charge in [-0.3, -0.25) is 4.90 Å². The van der Waals surface area contributed by atoms with Crippen molar-refractivity contribution in [2.45, 2.75) is 58.4 Å². The quantitative estimate of drug-likeness (QED) is 0.526. The topological polar surface area (TPSA) is 4.44 Å². The van der Waals surface area contributed by atoms with E-state index in [1.54, 1.807) is 10.5 Å². The lowest BCUT2D eigenvalue weighted by atomic mass is 10.0. The summed E-state index contributed by atoms with van der Waals surface area (Å²) in [6.45, 7) is 5.95. The summed E-state index contributed by atoms with van der Waals surface area (Å²) in [5.41, 5.74) is 3.08. The third-order valence-electron chi connectivity index (χ3n) is 5.07. The Morgan fingerprint density at radius 2 is 1.59 bits per heavy atom. The summed E-state index contributed by atoms with van der Waals surface area (Å²) in [4.78, 5) is 1.68. The summed E-state index contributed by atoms with van der Waals surface area (Å²) < 4.78 is 0. The highest BCUT2D eigenvalue weighted by Gasteiger charge is 2.32. The fourth-order valence-corrected chi connectivity index (χ4v) is 3.87. The standard InChI is InChI=1S/C20H27N.HI/c1-3-4-5-6-7-8-15-21-16(2)18-13-9-11-17-12-10-14-19(21)20(17)18;/h9-14,16H,3-8,15H2,1-2H3;1H. The van der Waals surface area contributed by atoms with Crippen molar-refractivity contribution in [2.24, 2.45) is 0 Å². The average Bonchev–Trinajstić information content (AvgIpc) is 2.79. The molecule has 1 heterocycles. The van der Waals surface area contributed by atoms with Crippen LogP contribution in [0.4, 0.5) is 5.69 Å². The molecule has 0 aromatic heterocycles. The zero-order valence-corrected chi connectivity index (χ0v) is 16.0. The van der Waals surface area contributed by atoms with Crippen LogP contribution < -0.4 is 28.9 Å². The molecule has 0 radical (unpaired) electrons. The van der Waals surface area contributed by atoms with Crippen LogP contribution in [0.1, 0.15) is 64.0 Å². The number of hydrogen-bond donors (Lipinski definition) is 1. The van der Waals surface area contributed by atoms with E-state index in [1.165, 1.54) is 61.5 Å². The fraction of sp³-hybridized carbons (Fsp3) is 0.500. The first-order valence-corrected chi connectivity index (χ1v) is 8.70. The fourth-order valence-electron chi connectivity index (χ4n) is 3.87. The van der Waals surface area contributed by atoms with Crippen molar-refractivity contribution in [3.05, 3.63) is 42.0 Å². The maximum atomic E-state index is 2.39. The number of nitrogens with one attached hydrogen (secondary N) is 1. The second-order valence-electron chi connectivity index (χ2n) is 6.52. The van der Waals surface area contributed by atoms with Gasteiger partial charge in [0.2, 0.25) is 0 Å². The molecular formula is C20H28IN. The summed E-state index contributed by atoms with van der Waals surface area (Å²) in [6, 6.07) is 14.2. The van der Waals surface area contributed by atoms with Gasteiger partial charge in [-0.05, 0) is 31.2 Å². The number of benzene rings is 2. The third-order valence-corrected chi connectivity index (χ3v) is 5.07. The maximum absolute atomic E-state index is 2.39. The highest BCUT2D eigenvalue weighted by atomic mass is 127. The predicted octanol–water partition coefficient (Wildman–Crippen LogP) is 1.80. The van der Waals surface area contributed by atoms with Crippen LogP contribution in [-0.4, -0.2) is 6.54 Å². The molecule has 0 spiro atoms. The lowest BCUT2D eigenvalue weighted by Crippen LogP contribution is -3.06. The summed E-state index contributed by atoms with van der Waals surface area (Å²) in [5.74, 6) is 0. The van der Waals surface area contributed by atoms with Gasteiger partial charge in [-0.25, -0.2) is 0 Å². The van der Waals surface area contributed by atoms with Crippen LogP contribution in [0.15, 0.2) is 36.4 Å². The van der Waals surface area contributed by atoms with E-state index >= 15 is 0 Å². The first kappa shape index (κ1) is 17.7. The Morgan fingerprint density at radius 1 is 0.909 bits per heavy atom. The lowest BCUT2D eigenvalue weighted by molar-refractivity contribution is -0.860. The SMILES string of the molecule is CCCCCCCC[NH+]1c2cccc3cccc(c23)C1C.[I-]. The first-order valence-electron chi connectivity index (χ1n) is 8.70. The molecule has 0 fully saturated rings. The monoisotopic (exact) mass is 409 g/mol. The molecule has 0 bridgehead atoms. The number of quaternary nitrogens is 1. The van der Waals surface area contributed by atoms with E-state index < -0.39 is 0 Å². The van der Waals surface area contributed by atoms with E-state index in [4.69, 9.17) is 0 Å².